The molecule has 0 bridgehead atoms. The molecule has 2 unspecified atom stereocenters. The van der Waals surface area contributed by atoms with E-state index in [0.717, 1.165) is 62.5 Å². The van der Waals surface area contributed by atoms with Gasteiger partial charge < -0.3 is 15.4 Å². The van der Waals surface area contributed by atoms with Gasteiger partial charge in [0, 0.05) is 0 Å². The highest BCUT2D eigenvalue weighted by Gasteiger charge is 2.33. The number of phosphoric acid groups is 1. The first-order chi connectivity index (χ1) is 24.5. The number of ether oxygens (including phenoxy) is 1. The van der Waals surface area contributed by atoms with Gasteiger partial charge in [0.25, 0.3) is 0 Å². The zero-order valence-corrected chi connectivity index (χ0v) is 32.7. The number of alkyl carbamates (subject to hydrolysis) is 1. The molecule has 0 aliphatic rings. The fourth-order valence-electron chi connectivity index (χ4n) is 5.52. The van der Waals surface area contributed by atoms with Crippen LogP contribution in [0.1, 0.15) is 110 Å². The Kier molecular flexibility index (Phi) is 21.6. The molecule has 2 aromatic rings. The predicted molar refractivity (Wildman–Crippen MR) is 202 cm³/mol. The third kappa shape index (κ3) is 18.3. The fourth-order valence-corrected chi connectivity index (χ4v) is 6.82. The third-order valence-electron chi connectivity index (χ3n) is 8.90. The van der Waals surface area contributed by atoms with Crippen molar-refractivity contribution < 1.29 is 37.3 Å². The Balaban J connectivity index is 2.22. The van der Waals surface area contributed by atoms with E-state index in [1.165, 1.54) is 0 Å². The Bertz CT molecular complexity index is 1290. The number of phosphoric ester groups is 1. The minimum Gasteiger partial charge on any atom is -0.445 e. The molecule has 0 aliphatic heterocycles. The molecule has 0 aromatic heterocycles. The first-order valence-corrected chi connectivity index (χ1v) is 20.4. The number of benzene rings is 2. The van der Waals surface area contributed by atoms with Gasteiger partial charge in [-0.1, -0.05) is 141 Å². The van der Waals surface area contributed by atoms with Crippen molar-refractivity contribution in [2.45, 2.75) is 124 Å². The van der Waals surface area contributed by atoms with E-state index in [4.69, 9.17) is 18.3 Å². The topological polar surface area (TPSA) is 129 Å². The number of carbonyl (C=O) groups is 3. The minimum atomic E-state index is -4.13. The van der Waals surface area contributed by atoms with Crippen molar-refractivity contribution in [3.05, 3.63) is 71.8 Å². The third-order valence-corrected chi connectivity index (χ3v) is 10.3. The van der Waals surface area contributed by atoms with E-state index in [-0.39, 0.29) is 44.0 Å². The summed E-state index contributed by atoms with van der Waals surface area (Å²) in [5, 5.41) is 5.52. The second kappa shape index (κ2) is 25.0. The number of nitrogens with one attached hydrogen (secondary N) is 2. The average Bonchev–Trinajstić information content (AvgIpc) is 3.13. The lowest BCUT2D eigenvalue weighted by Crippen LogP contribution is -2.53. The van der Waals surface area contributed by atoms with Gasteiger partial charge in [0.1, 0.15) is 19.3 Å². The molecule has 2 aromatic carbocycles. The average molecular weight is 731 g/mol. The SMILES string of the molecule is CCCCC(CC)COP(=O)(OCC(=O)[C@H](Cc1ccccc1)NC(=O)[C@H](CC(C)C)NC(=O)OCc1ccccc1)OCC(CC)CCCC. The minimum absolute atomic E-state index is 0.0502. The van der Waals surface area contributed by atoms with Crippen molar-refractivity contribution in [2.24, 2.45) is 17.8 Å². The van der Waals surface area contributed by atoms with E-state index in [2.05, 4.69) is 38.3 Å². The number of Topliss-reactive ketones (excluding diaryl/α,β-unsaturated/α-hetero) is 1. The molecule has 0 fully saturated rings. The number of hydrogen-bond donors (Lipinski definition) is 2. The summed E-state index contributed by atoms with van der Waals surface area (Å²) in [6.07, 6.45) is 7.44. The van der Waals surface area contributed by atoms with Gasteiger partial charge in [0.2, 0.25) is 5.91 Å². The number of ketones is 1. The van der Waals surface area contributed by atoms with Crippen LogP contribution in [-0.2, 0) is 45.5 Å². The molecule has 286 valence electrons. The van der Waals surface area contributed by atoms with Crippen LogP contribution < -0.4 is 10.6 Å². The van der Waals surface area contributed by atoms with E-state index in [1.807, 2.05) is 74.5 Å². The van der Waals surface area contributed by atoms with Crippen LogP contribution in [-0.4, -0.2) is 49.7 Å². The molecule has 51 heavy (non-hydrogen) atoms. The maximum absolute atomic E-state index is 14.1. The molecular formula is C40H63N2O8P. The highest BCUT2D eigenvalue weighted by molar-refractivity contribution is 7.48. The number of amides is 2. The summed E-state index contributed by atoms with van der Waals surface area (Å²) >= 11 is 0. The molecule has 2 N–H and O–H groups in total. The summed E-state index contributed by atoms with van der Waals surface area (Å²) < 4.78 is 37.0. The van der Waals surface area contributed by atoms with E-state index in [0.29, 0.717) is 6.42 Å². The van der Waals surface area contributed by atoms with Gasteiger partial charge in [0.05, 0.1) is 19.3 Å². The summed E-state index contributed by atoms with van der Waals surface area (Å²) in [7, 11) is -4.13. The molecule has 10 nitrogen and oxygen atoms in total. The smallest absolute Gasteiger partial charge is 0.445 e. The lowest BCUT2D eigenvalue weighted by Gasteiger charge is -2.25. The van der Waals surface area contributed by atoms with Gasteiger partial charge in [0.15, 0.2) is 5.78 Å². The quantitative estimate of drug-likeness (QED) is 0.0871. The fraction of sp³-hybridized carbons (Fsp3) is 0.625. The molecule has 0 saturated carbocycles. The van der Waals surface area contributed by atoms with Crippen LogP contribution in [0.5, 0.6) is 0 Å². The summed E-state index contributed by atoms with van der Waals surface area (Å²) in [4.78, 5) is 40.3. The van der Waals surface area contributed by atoms with Gasteiger partial charge in [-0.05, 0) is 54.6 Å². The van der Waals surface area contributed by atoms with Gasteiger partial charge in [-0.3, -0.25) is 23.2 Å². The van der Waals surface area contributed by atoms with Gasteiger partial charge in [-0.2, -0.15) is 0 Å². The first kappa shape index (κ1) is 44.1. The van der Waals surface area contributed by atoms with Gasteiger partial charge in [-0.15, -0.1) is 0 Å². The molecule has 0 saturated heterocycles. The lowest BCUT2D eigenvalue weighted by molar-refractivity contribution is -0.130. The van der Waals surface area contributed by atoms with Crippen LogP contribution in [0.25, 0.3) is 0 Å². The Morgan fingerprint density at radius 1 is 0.706 bits per heavy atom. The number of carbonyl (C=O) groups excluding carboxylic acids is 3. The van der Waals surface area contributed by atoms with E-state index in [9.17, 15) is 18.9 Å². The van der Waals surface area contributed by atoms with Crippen molar-refractivity contribution in [2.75, 3.05) is 19.8 Å². The zero-order valence-electron chi connectivity index (χ0n) is 31.8. The molecule has 0 spiro atoms. The highest BCUT2D eigenvalue weighted by atomic mass is 31.2. The standard InChI is InChI=1S/C40H63N2O8P/c1-7-11-19-32(9-3)28-48-51(46,49-29-33(10-4)20-12-8-2)50-30-38(43)36(26-34-21-15-13-16-22-34)41-39(44)37(25-31(5)6)42-40(45)47-27-35-23-17-14-18-24-35/h13-18,21-24,31-33,36-37H,7-12,19-20,25-30H2,1-6H3,(H,41,44)(H,42,45)/t32?,33?,36-,37-,51?/m0/s1. The highest BCUT2D eigenvalue weighted by Crippen LogP contribution is 2.50. The lowest BCUT2D eigenvalue weighted by atomic mass is 10.00. The Hall–Kier alpha value is -3.04. The van der Waals surface area contributed by atoms with Crippen LogP contribution in [0.2, 0.25) is 0 Å². The molecule has 0 heterocycles. The largest absolute Gasteiger partial charge is 0.475 e. The van der Waals surface area contributed by atoms with E-state index in [1.54, 1.807) is 0 Å². The second-order valence-corrected chi connectivity index (χ2v) is 15.4. The van der Waals surface area contributed by atoms with Crippen LogP contribution >= 0.6 is 7.82 Å². The van der Waals surface area contributed by atoms with Crippen molar-refractivity contribution >= 4 is 25.6 Å². The zero-order chi connectivity index (χ0) is 37.5. The van der Waals surface area contributed by atoms with Crippen LogP contribution in [0.3, 0.4) is 0 Å². The Labute approximate surface area is 306 Å². The number of rotatable bonds is 27. The molecule has 2 rings (SSSR count). The van der Waals surface area contributed by atoms with Gasteiger partial charge >= 0.3 is 13.9 Å². The predicted octanol–water partition coefficient (Wildman–Crippen LogP) is 9.21. The Morgan fingerprint density at radius 3 is 1.73 bits per heavy atom. The first-order valence-electron chi connectivity index (χ1n) is 18.9. The number of unbranched alkanes of at least 4 members (excludes halogenated alkanes) is 2. The molecule has 11 heteroatoms. The number of hydrogen-bond acceptors (Lipinski definition) is 8. The molecule has 4 atom stereocenters. The normalized spacial score (nSPS) is 15.0. The van der Waals surface area contributed by atoms with Crippen molar-refractivity contribution in [1.82, 2.24) is 10.6 Å². The van der Waals surface area contributed by atoms with E-state index < -0.39 is 44.3 Å². The molecular weight excluding hydrogens is 667 g/mol. The van der Waals surface area contributed by atoms with Crippen molar-refractivity contribution in [1.29, 1.82) is 0 Å². The monoisotopic (exact) mass is 730 g/mol. The maximum Gasteiger partial charge on any atom is 0.475 e. The molecule has 0 aliphatic carbocycles. The van der Waals surface area contributed by atoms with E-state index >= 15 is 0 Å². The summed E-state index contributed by atoms with van der Waals surface area (Å²) in [5.74, 6) is -0.619. The second-order valence-electron chi connectivity index (χ2n) is 13.8. The maximum atomic E-state index is 14.1. The van der Waals surface area contributed by atoms with Gasteiger partial charge in [-0.25, -0.2) is 9.36 Å². The summed E-state index contributed by atoms with van der Waals surface area (Å²) in [6.45, 7) is 12.1. The van der Waals surface area contributed by atoms with Crippen molar-refractivity contribution in [3.63, 3.8) is 0 Å². The summed E-state index contributed by atoms with van der Waals surface area (Å²) in [6, 6.07) is 16.5. The van der Waals surface area contributed by atoms with Crippen molar-refractivity contribution in [3.8, 4) is 0 Å². The molecule has 0 radical (unpaired) electrons. The van der Waals surface area contributed by atoms with Crippen LogP contribution in [0, 0.1) is 17.8 Å². The van der Waals surface area contributed by atoms with Crippen LogP contribution in [0.15, 0.2) is 60.7 Å². The Morgan fingerprint density at radius 2 is 1.24 bits per heavy atom. The summed E-state index contributed by atoms with van der Waals surface area (Å²) in [5.41, 5.74) is 1.62. The van der Waals surface area contributed by atoms with Crippen LogP contribution in [0.4, 0.5) is 4.79 Å². The molecule has 2 amide bonds.